The lowest BCUT2D eigenvalue weighted by atomic mass is 9.98. The zero-order valence-corrected chi connectivity index (χ0v) is 27.9. The van der Waals surface area contributed by atoms with Crippen molar-refractivity contribution in [3.05, 3.63) is 108 Å². The normalized spacial score (nSPS) is 19.8. The molecule has 48 heavy (non-hydrogen) atoms. The first-order valence-electron chi connectivity index (χ1n) is 17.4. The van der Waals surface area contributed by atoms with E-state index < -0.39 is 12.3 Å². The average molecular weight is 655 g/mol. The number of benzene rings is 3. The average Bonchev–Trinajstić information content (AvgIpc) is 3.66. The van der Waals surface area contributed by atoms with Gasteiger partial charge in [-0.15, -0.1) is 6.58 Å². The number of carboxylic acid groups (broad SMARTS) is 1. The predicted octanol–water partition coefficient (Wildman–Crippen LogP) is 7.47. The molecule has 1 aliphatic heterocycles. The van der Waals surface area contributed by atoms with Gasteiger partial charge in [-0.25, -0.2) is 0 Å². The molecule has 2 aliphatic rings. The number of hydrogen-bond donors (Lipinski definition) is 3. The topological polar surface area (TPSA) is 108 Å². The summed E-state index contributed by atoms with van der Waals surface area (Å²) in [6.07, 6.45) is 9.63. The van der Waals surface area contributed by atoms with E-state index in [0.717, 1.165) is 59.3 Å². The standard InChI is InChI=1S/C40H50N2O6/c1-2-23-42(35-11-6-7-12-35)27-36-25-37(32-17-15-29(28-43)16-18-32)48-40(47-36)33-21-19-31(20-22-33)34-10-8-9-30(24-34)26-41-38(44)13-4-3-5-14-39(45)46/h2,8-10,15-22,24,35-37,40,43H,1,3-7,11-14,23,25-28H2,(H,41,44)(H,45,46)/t36-,37+,40+/m1/s1. The van der Waals surface area contributed by atoms with Gasteiger partial charge in [0.1, 0.15) is 0 Å². The molecular formula is C40H50N2O6. The lowest BCUT2D eigenvalue weighted by Gasteiger charge is -2.39. The molecule has 1 saturated heterocycles. The number of rotatable bonds is 17. The smallest absolute Gasteiger partial charge is 0.303 e. The van der Waals surface area contributed by atoms with Crippen molar-refractivity contribution in [1.82, 2.24) is 10.2 Å². The fourth-order valence-electron chi connectivity index (χ4n) is 6.82. The number of carbonyl (C=O) groups excluding carboxylic acids is 1. The number of carboxylic acids is 1. The summed E-state index contributed by atoms with van der Waals surface area (Å²) in [4.78, 5) is 25.5. The molecule has 8 heteroatoms. The zero-order valence-electron chi connectivity index (χ0n) is 27.9. The van der Waals surface area contributed by atoms with Crippen LogP contribution in [0.2, 0.25) is 0 Å². The third-order valence-electron chi connectivity index (χ3n) is 9.49. The van der Waals surface area contributed by atoms with Gasteiger partial charge in [-0.2, -0.15) is 0 Å². The van der Waals surface area contributed by atoms with Crippen LogP contribution in [-0.2, 0) is 32.2 Å². The van der Waals surface area contributed by atoms with Crippen LogP contribution in [0.3, 0.4) is 0 Å². The minimum Gasteiger partial charge on any atom is -0.481 e. The van der Waals surface area contributed by atoms with Gasteiger partial charge in [0.05, 0.1) is 18.8 Å². The van der Waals surface area contributed by atoms with E-state index in [1.807, 2.05) is 30.3 Å². The molecule has 0 unspecified atom stereocenters. The number of nitrogens with one attached hydrogen (secondary N) is 1. The first-order valence-corrected chi connectivity index (χ1v) is 17.4. The largest absolute Gasteiger partial charge is 0.481 e. The van der Waals surface area contributed by atoms with Crippen molar-refractivity contribution >= 4 is 11.9 Å². The molecule has 3 aromatic rings. The summed E-state index contributed by atoms with van der Waals surface area (Å²) in [7, 11) is 0. The van der Waals surface area contributed by atoms with Crippen LogP contribution in [0.4, 0.5) is 0 Å². The molecule has 0 bridgehead atoms. The molecule has 1 amide bonds. The van der Waals surface area contributed by atoms with Crippen LogP contribution in [0.15, 0.2) is 85.5 Å². The number of carbonyl (C=O) groups is 2. The maximum Gasteiger partial charge on any atom is 0.303 e. The Hall–Kier alpha value is -3.82. The van der Waals surface area contributed by atoms with E-state index in [-0.39, 0.29) is 31.1 Å². The molecule has 1 saturated carbocycles. The van der Waals surface area contributed by atoms with Gasteiger partial charge >= 0.3 is 5.97 Å². The summed E-state index contributed by atoms with van der Waals surface area (Å²) < 4.78 is 13.3. The number of aliphatic carboxylic acids is 1. The molecule has 0 radical (unpaired) electrons. The Morgan fingerprint density at radius 2 is 1.60 bits per heavy atom. The van der Waals surface area contributed by atoms with Crippen molar-refractivity contribution in [2.45, 2.75) is 102 Å². The van der Waals surface area contributed by atoms with Crippen LogP contribution in [0.5, 0.6) is 0 Å². The number of ether oxygens (including phenoxy) is 2. The number of unbranched alkanes of at least 4 members (excludes halogenated alkanes) is 2. The number of aliphatic hydroxyl groups is 1. The van der Waals surface area contributed by atoms with E-state index in [1.54, 1.807) is 0 Å². The van der Waals surface area contributed by atoms with E-state index >= 15 is 0 Å². The number of aliphatic hydroxyl groups excluding tert-OH is 1. The quantitative estimate of drug-likeness (QED) is 0.102. The summed E-state index contributed by atoms with van der Waals surface area (Å²) in [6, 6.07) is 25.1. The molecule has 2 fully saturated rings. The SMILES string of the molecule is C=CCN(C[C@H]1C[C@@H](c2ccc(CO)cc2)O[C@@H](c2ccc(-c3cccc(CNC(=O)CCCCCC(=O)O)c3)cc2)O1)C1CCCC1. The number of amides is 1. The second-order valence-electron chi connectivity index (χ2n) is 13.1. The van der Waals surface area contributed by atoms with Gasteiger partial charge in [-0.3, -0.25) is 14.5 Å². The third-order valence-corrected chi connectivity index (χ3v) is 9.49. The second kappa shape index (κ2) is 18.1. The molecule has 8 nitrogen and oxygen atoms in total. The van der Waals surface area contributed by atoms with Gasteiger partial charge in [-0.1, -0.05) is 92.1 Å². The van der Waals surface area contributed by atoms with E-state index in [4.69, 9.17) is 14.6 Å². The van der Waals surface area contributed by atoms with E-state index in [1.165, 1.54) is 25.7 Å². The first kappa shape index (κ1) is 35.5. The molecule has 0 aromatic heterocycles. The maximum absolute atomic E-state index is 12.3. The summed E-state index contributed by atoms with van der Waals surface area (Å²) in [5, 5.41) is 21.3. The van der Waals surface area contributed by atoms with Crippen molar-refractivity contribution in [1.29, 1.82) is 0 Å². The predicted molar refractivity (Wildman–Crippen MR) is 187 cm³/mol. The molecule has 3 atom stereocenters. The highest BCUT2D eigenvalue weighted by Crippen LogP contribution is 2.39. The number of nitrogens with zero attached hydrogens (tertiary/aromatic N) is 1. The molecular weight excluding hydrogens is 604 g/mol. The Morgan fingerprint density at radius 3 is 2.31 bits per heavy atom. The molecule has 5 rings (SSSR count). The van der Waals surface area contributed by atoms with Crippen molar-refractivity contribution in [3.63, 3.8) is 0 Å². The minimum atomic E-state index is -0.797. The molecule has 3 aromatic carbocycles. The van der Waals surface area contributed by atoms with E-state index in [0.29, 0.717) is 31.8 Å². The zero-order chi connectivity index (χ0) is 33.7. The van der Waals surface area contributed by atoms with Crippen molar-refractivity contribution in [3.8, 4) is 11.1 Å². The minimum absolute atomic E-state index is 0.0110. The Bertz CT molecular complexity index is 1470. The fourth-order valence-corrected chi connectivity index (χ4v) is 6.82. The lowest BCUT2D eigenvalue weighted by molar-refractivity contribution is -0.253. The molecule has 1 aliphatic carbocycles. The van der Waals surface area contributed by atoms with E-state index in [2.05, 4.69) is 65.3 Å². The highest BCUT2D eigenvalue weighted by molar-refractivity contribution is 5.76. The van der Waals surface area contributed by atoms with Crippen LogP contribution in [-0.4, -0.2) is 52.2 Å². The molecule has 0 spiro atoms. The lowest BCUT2D eigenvalue weighted by Crippen LogP contribution is -2.43. The summed E-state index contributed by atoms with van der Waals surface area (Å²) >= 11 is 0. The highest BCUT2D eigenvalue weighted by Gasteiger charge is 2.34. The summed E-state index contributed by atoms with van der Waals surface area (Å²) in [5.74, 6) is -0.821. The molecule has 1 heterocycles. The first-order chi connectivity index (χ1) is 23.4. The highest BCUT2D eigenvalue weighted by atomic mass is 16.7. The van der Waals surface area contributed by atoms with Crippen molar-refractivity contribution in [2.24, 2.45) is 0 Å². The summed E-state index contributed by atoms with van der Waals surface area (Å²) in [6.45, 7) is 6.15. The Labute approximate surface area is 284 Å². The van der Waals surface area contributed by atoms with Gasteiger partial charge in [0.25, 0.3) is 0 Å². The van der Waals surface area contributed by atoms with Crippen molar-refractivity contribution < 1.29 is 29.3 Å². The molecule has 256 valence electrons. The van der Waals surface area contributed by atoms with Crippen molar-refractivity contribution in [2.75, 3.05) is 13.1 Å². The van der Waals surface area contributed by atoms with Gasteiger partial charge < -0.3 is 25.0 Å². The number of hydrogen-bond acceptors (Lipinski definition) is 6. The Morgan fingerprint density at radius 1 is 0.875 bits per heavy atom. The van der Waals surface area contributed by atoms with Gasteiger partial charge in [0.15, 0.2) is 6.29 Å². The monoisotopic (exact) mass is 654 g/mol. The second-order valence-corrected chi connectivity index (χ2v) is 13.1. The van der Waals surface area contributed by atoms with Crippen LogP contribution >= 0.6 is 0 Å². The maximum atomic E-state index is 12.3. The van der Waals surface area contributed by atoms with Gasteiger partial charge in [0, 0.05) is 50.5 Å². The fraction of sp³-hybridized carbons (Fsp3) is 0.450. The third kappa shape index (κ3) is 10.3. The van der Waals surface area contributed by atoms with Crippen LogP contribution < -0.4 is 5.32 Å². The molecule has 3 N–H and O–H groups in total. The van der Waals surface area contributed by atoms with Gasteiger partial charge in [-0.05, 0) is 59.6 Å². The van der Waals surface area contributed by atoms with Crippen LogP contribution in [0, 0.1) is 0 Å². The van der Waals surface area contributed by atoms with Crippen LogP contribution in [0.1, 0.15) is 98.9 Å². The van der Waals surface area contributed by atoms with Crippen LogP contribution in [0.25, 0.3) is 11.1 Å². The Kier molecular flexibility index (Phi) is 13.4. The summed E-state index contributed by atoms with van der Waals surface area (Å²) in [5.41, 5.74) is 6.06. The Balaban J connectivity index is 1.24. The van der Waals surface area contributed by atoms with Gasteiger partial charge in [0.2, 0.25) is 5.91 Å². The van der Waals surface area contributed by atoms with E-state index in [9.17, 15) is 14.7 Å².